The second-order valence-corrected chi connectivity index (χ2v) is 6.50. The second-order valence-electron chi connectivity index (χ2n) is 5.64. The van der Waals surface area contributed by atoms with Crippen LogP contribution in [0.3, 0.4) is 0 Å². The number of aromatic nitrogens is 3. The summed E-state index contributed by atoms with van der Waals surface area (Å²) in [7, 11) is 0. The zero-order valence-electron chi connectivity index (χ0n) is 11.7. The van der Waals surface area contributed by atoms with Crippen LogP contribution in [0, 0.1) is 6.92 Å². The average molecular weight is 323 g/mol. The van der Waals surface area contributed by atoms with Crippen LogP contribution >= 0.6 is 15.9 Å². The van der Waals surface area contributed by atoms with Crippen molar-refractivity contribution in [2.75, 3.05) is 0 Å². The standard InChI is InChI=1S/C14H19BrN4/c1-10-12(15)6-5-7-13(10)19-9-11(17-18-19)8-16-14(2,3)4/h5-7,9,16H,8H2,1-4H3. The second kappa shape index (κ2) is 5.43. The molecule has 0 aliphatic carbocycles. The number of halogens is 1. The van der Waals surface area contributed by atoms with Gasteiger partial charge >= 0.3 is 0 Å². The summed E-state index contributed by atoms with van der Waals surface area (Å²) in [5, 5.41) is 11.8. The van der Waals surface area contributed by atoms with Gasteiger partial charge in [-0.2, -0.15) is 0 Å². The van der Waals surface area contributed by atoms with E-state index in [9.17, 15) is 0 Å². The molecule has 19 heavy (non-hydrogen) atoms. The lowest BCUT2D eigenvalue weighted by Gasteiger charge is -2.19. The van der Waals surface area contributed by atoms with Gasteiger partial charge in [-0.3, -0.25) is 0 Å². The Morgan fingerprint density at radius 2 is 2.05 bits per heavy atom. The normalized spacial score (nSPS) is 11.8. The lowest BCUT2D eigenvalue weighted by molar-refractivity contribution is 0.421. The van der Waals surface area contributed by atoms with E-state index in [1.54, 1.807) is 0 Å². The molecule has 0 amide bonds. The van der Waals surface area contributed by atoms with Crippen molar-refractivity contribution in [2.45, 2.75) is 39.8 Å². The SMILES string of the molecule is Cc1c(Br)cccc1-n1cc(CNC(C)(C)C)nn1. The number of nitrogens with one attached hydrogen (secondary N) is 1. The van der Waals surface area contributed by atoms with E-state index in [2.05, 4.69) is 59.3 Å². The molecule has 1 aromatic heterocycles. The maximum absolute atomic E-state index is 4.20. The molecule has 0 aliphatic heterocycles. The van der Waals surface area contributed by atoms with Crippen LogP contribution in [0.5, 0.6) is 0 Å². The Labute approximate surface area is 122 Å². The lowest BCUT2D eigenvalue weighted by atomic mass is 10.1. The van der Waals surface area contributed by atoms with Crippen molar-refractivity contribution in [1.29, 1.82) is 0 Å². The molecule has 1 N–H and O–H groups in total. The largest absolute Gasteiger partial charge is 0.306 e. The summed E-state index contributed by atoms with van der Waals surface area (Å²) in [5.74, 6) is 0. The summed E-state index contributed by atoms with van der Waals surface area (Å²) in [5.41, 5.74) is 3.22. The van der Waals surface area contributed by atoms with E-state index >= 15 is 0 Å². The predicted octanol–water partition coefficient (Wildman–Crippen LogP) is 3.23. The number of hydrogen-bond donors (Lipinski definition) is 1. The summed E-state index contributed by atoms with van der Waals surface area (Å²) >= 11 is 3.53. The molecule has 0 bridgehead atoms. The zero-order chi connectivity index (χ0) is 14.0. The Morgan fingerprint density at radius 3 is 2.74 bits per heavy atom. The lowest BCUT2D eigenvalue weighted by Crippen LogP contribution is -2.35. The first-order chi connectivity index (χ1) is 8.87. The van der Waals surface area contributed by atoms with Crippen molar-refractivity contribution in [3.8, 4) is 5.69 Å². The first-order valence-electron chi connectivity index (χ1n) is 6.28. The van der Waals surface area contributed by atoms with E-state index in [4.69, 9.17) is 0 Å². The van der Waals surface area contributed by atoms with Crippen LogP contribution in [0.1, 0.15) is 32.0 Å². The molecule has 0 spiro atoms. The predicted molar refractivity (Wildman–Crippen MR) is 80.4 cm³/mol. The summed E-state index contributed by atoms with van der Waals surface area (Å²) in [6, 6.07) is 6.06. The van der Waals surface area contributed by atoms with Gasteiger partial charge in [0.15, 0.2) is 0 Å². The van der Waals surface area contributed by atoms with Crippen molar-refractivity contribution in [3.63, 3.8) is 0 Å². The third kappa shape index (κ3) is 3.64. The van der Waals surface area contributed by atoms with E-state index in [1.807, 2.05) is 29.1 Å². The maximum atomic E-state index is 4.20. The van der Waals surface area contributed by atoms with E-state index in [-0.39, 0.29) is 5.54 Å². The van der Waals surface area contributed by atoms with Crippen LogP contribution in [-0.4, -0.2) is 20.5 Å². The van der Waals surface area contributed by atoms with Gasteiger partial charge in [0, 0.05) is 16.6 Å². The van der Waals surface area contributed by atoms with E-state index in [0.717, 1.165) is 28.0 Å². The Bertz CT molecular complexity index is 569. The Morgan fingerprint density at radius 1 is 1.32 bits per heavy atom. The highest BCUT2D eigenvalue weighted by atomic mass is 79.9. The molecule has 0 saturated carbocycles. The molecule has 0 unspecified atom stereocenters. The fourth-order valence-corrected chi connectivity index (χ4v) is 2.05. The number of hydrogen-bond acceptors (Lipinski definition) is 3. The maximum Gasteiger partial charge on any atom is 0.0969 e. The molecule has 0 saturated heterocycles. The van der Waals surface area contributed by atoms with Gasteiger partial charge in [0.2, 0.25) is 0 Å². The molecule has 1 aromatic carbocycles. The molecule has 102 valence electrons. The fourth-order valence-electron chi connectivity index (χ4n) is 1.70. The van der Waals surface area contributed by atoms with Crippen LogP contribution < -0.4 is 5.32 Å². The average Bonchev–Trinajstić information content (AvgIpc) is 2.78. The quantitative estimate of drug-likeness (QED) is 0.943. The van der Waals surface area contributed by atoms with Crippen LogP contribution in [0.25, 0.3) is 5.69 Å². The van der Waals surface area contributed by atoms with Gasteiger partial charge in [0.05, 0.1) is 17.6 Å². The molecule has 0 fully saturated rings. The number of benzene rings is 1. The van der Waals surface area contributed by atoms with E-state index in [0.29, 0.717) is 0 Å². The third-order valence-electron chi connectivity index (χ3n) is 2.83. The molecule has 5 heteroatoms. The van der Waals surface area contributed by atoms with Crippen molar-refractivity contribution < 1.29 is 0 Å². The smallest absolute Gasteiger partial charge is 0.0969 e. The molecule has 1 heterocycles. The summed E-state index contributed by atoms with van der Waals surface area (Å²) < 4.78 is 2.90. The van der Waals surface area contributed by atoms with Gasteiger partial charge in [-0.25, -0.2) is 4.68 Å². The van der Waals surface area contributed by atoms with E-state index < -0.39 is 0 Å². The zero-order valence-corrected chi connectivity index (χ0v) is 13.3. The minimum absolute atomic E-state index is 0.0788. The van der Waals surface area contributed by atoms with Gasteiger partial charge in [-0.15, -0.1) is 5.10 Å². The van der Waals surface area contributed by atoms with Gasteiger partial charge in [-0.1, -0.05) is 27.2 Å². The first kappa shape index (κ1) is 14.2. The van der Waals surface area contributed by atoms with Crippen molar-refractivity contribution in [3.05, 3.63) is 40.1 Å². The van der Waals surface area contributed by atoms with Gasteiger partial charge < -0.3 is 5.32 Å². The van der Waals surface area contributed by atoms with Crippen LogP contribution in [0.15, 0.2) is 28.9 Å². The summed E-state index contributed by atoms with van der Waals surface area (Å²) in [6.07, 6.45) is 1.97. The fraction of sp³-hybridized carbons (Fsp3) is 0.429. The molecule has 0 radical (unpaired) electrons. The highest BCUT2D eigenvalue weighted by molar-refractivity contribution is 9.10. The summed E-state index contributed by atoms with van der Waals surface area (Å²) in [6.45, 7) is 9.19. The van der Waals surface area contributed by atoms with Crippen LogP contribution in [0.2, 0.25) is 0 Å². The van der Waals surface area contributed by atoms with Gasteiger partial charge in [0.1, 0.15) is 0 Å². The molecule has 2 aromatic rings. The topological polar surface area (TPSA) is 42.7 Å². The Balaban J connectivity index is 2.19. The highest BCUT2D eigenvalue weighted by Gasteiger charge is 2.11. The van der Waals surface area contributed by atoms with Crippen molar-refractivity contribution in [2.24, 2.45) is 0 Å². The molecule has 2 rings (SSSR count). The Hall–Kier alpha value is -1.20. The van der Waals surface area contributed by atoms with Crippen LogP contribution in [-0.2, 0) is 6.54 Å². The third-order valence-corrected chi connectivity index (χ3v) is 3.69. The molecular formula is C14H19BrN4. The van der Waals surface area contributed by atoms with E-state index in [1.165, 1.54) is 0 Å². The van der Waals surface area contributed by atoms with Gasteiger partial charge in [-0.05, 0) is 45.4 Å². The first-order valence-corrected chi connectivity index (χ1v) is 7.08. The molecule has 4 nitrogen and oxygen atoms in total. The number of nitrogens with zero attached hydrogens (tertiary/aromatic N) is 3. The minimum Gasteiger partial charge on any atom is -0.306 e. The minimum atomic E-state index is 0.0788. The highest BCUT2D eigenvalue weighted by Crippen LogP contribution is 2.22. The van der Waals surface area contributed by atoms with Crippen molar-refractivity contribution in [1.82, 2.24) is 20.3 Å². The van der Waals surface area contributed by atoms with Crippen LogP contribution in [0.4, 0.5) is 0 Å². The monoisotopic (exact) mass is 322 g/mol. The van der Waals surface area contributed by atoms with Crippen molar-refractivity contribution >= 4 is 15.9 Å². The Kier molecular flexibility index (Phi) is 4.06. The van der Waals surface area contributed by atoms with Gasteiger partial charge in [0.25, 0.3) is 0 Å². The molecular weight excluding hydrogens is 304 g/mol. The molecule has 0 atom stereocenters. The molecule has 0 aliphatic rings. The summed E-state index contributed by atoms with van der Waals surface area (Å²) in [4.78, 5) is 0. The number of rotatable bonds is 3.